The number of benzene rings is 5. The van der Waals surface area contributed by atoms with Gasteiger partial charge in [0, 0.05) is 17.9 Å². The van der Waals surface area contributed by atoms with Crippen molar-refractivity contribution < 1.29 is 17.6 Å². The van der Waals surface area contributed by atoms with E-state index in [1.54, 1.807) is 35.2 Å². The van der Waals surface area contributed by atoms with Crippen molar-refractivity contribution in [2.45, 2.75) is 31.5 Å². The van der Waals surface area contributed by atoms with Gasteiger partial charge in [0.2, 0.25) is 0 Å². The Morgan fingerprint density at radius 1 is 0.767 bits per heavy atom. The number of amides is 1. The largest absolute Gasteiger partial charge is 0.342 e. The van der Waals surface area contributed by atoms with E-state index in [0.717, 1.165) is 22.3 Å². The van der Waals surface area contributed by atoms with Crippen molar-refractivity contribution in [3.05, 3.63) is 155 Å². The third-order valence-corrected chi connectivity index (χ3v) is 8.94. The van der Waals surface area contributed by atoms with Gasteiger partial charge >= 0.3 is 0 Å². The quantitative estimate of drug-likeness (QED) is 0.212. The monoisotopic (exact) mass is 591 g/mol. The molecular weight excluding hydrogens is 561 g/mol. The van der Waals surface area contributed by atoms with E-state index in [4.69, 9.17) is 0 Å². The number of hydrogen-bond acceptors (Lipinski definition) is 4. The van der Waals surface area contributed by atoms with Gasteiger partial charge in [0.05, 0.1) is 16.1 Å². The Morgan fingerprint density at radius 2 is 1.40 bits per heavy atom. The molecule has 5 aromatic carbocycles. The molecule has 0 bridgehead atoms. The van der Waals surface area contributed by atoms with Crippen LogP contribution >= 0.6 is 0 Å². The molecule has 1 N–H and O–H groups in total. The minimum absolute atomic E-state index is 0.0241. The highest BCUT2D eigenvalue weighted by molar-refractivity contribution is 7.92. The van der Waals surface area contributed by atoms with Crippen LogP contribution in [0.1, 0.15) is 38.8 Å². The summed E-state index contributed by atoms with van der Waals surface area (Å²) in [4.78, 5) is 18.1. The second-order valence-electron chi connectivity index (χ2n) is 10.7. The topological polar surface area (TPSA) is 69.7 Å². The zero-order valence-corrected chi connectivity index (χ0v) is 24.6. The summed E-state index contributed by atoms with van der Waals surface area (Å²) in [6.07, 6.45) is -0.628. The smallest absolute Gasteiger partial charge is 0.262 e. The summed E-state index contributed by atoms with van der Waals surface area (Å²) in [5.41, 5.74) is 5.66. The molecule has 0 aliphatic carbocycles. The van der Waals surface area contributed by atoms with E-state index in [1.165, 1.54) is 24.3 Å². The van der Waals surface area contributed by atoms with Gasteiger partial charge in [-0.25, -0.2) is 12.8 Å². The molecule has 0 fully saturated rings. The molecule has 6 rings (SSSR count). The molecular formula is C35H30FN3O3S. The molecule has 0 spiro atoms. The van der Waals surface area contributed by atoms with Crippen molar-refractivity contribution in [2.24, 2.45) is 0 Å². The Bertz CT molecular complexity index is 1880. The number of carbonyl (C=O) groups excluding carboxylic acids is 1. The predicted octanol–water partition coefficient (Wildman–Crippen LogP) is 7.61. The molecule has 1 aliphatic rings. The fourth-order valence-corrected chi connectivity index (χ4v) is 6.42. The molecule has 1 heterocycles. The standard InChI is InChI=1S/C35H30FN3O3S/c1-24-8-16-29(17-9-24)37-43(41,42)31-20-21-33-32(22-31)35(40)39(30-18-10-25(2)11-19-30)34(27-12-14-28(36)15-13-27)38(33)23-26-6-4-3-5-7-26/h3-22,34,37H,23H2,1-2H3/t34-/m1/s1. The predicted molar refractivity (Wildman–Crippen MR) is 168 cm³/mol. The zero-order chi connectivity index (χ0) is 30.1. The first-order valence-electron chi connectivity index (χ1n) is 13.9. The van der Waals surface area contributed by atoms with Crippen LogP contribution in [0.3, 0.4) is 0 Å². The second-order valence-corrected chi connectivity index (χ2v) is 12.4. The van der Waals surface area contributed by atoms with E-state index in [2.05, 4.69) is 9.62 Å². The molecule has 216 valence electrons. The minimum atomic E-state index is -4.00. The lowest BCUT2D eigenvalue weighted by molar-refractivity contribution is 0.0968. The lowest BCUT2D eigenvalue weighted by atomic mass is 9.99. The number of hydrogen-bond donors (Lipinski definition) is 1. The summed E-state index contributed by atoms with van der Waals surface area (Å²) in [7, 11) is -4.00. The summed E-state index contributed by atoms with van der Waals surface area (Å²) in [6, 6.07) is 35.2. The summed E-state index contributed by atoms with van der Waals surface area (Å²) in [6.45, 7) is 4.31. The Hall–Kier alpha value is -4.95. The van der Waals surface area contributed by atoms with Gasteiger partial charge in [-0.15, -0.1) is 0 Å². The average Bonchev–Trinajstić information content (AvgIpc) is 3.01. The van der Waals surface area contributed by atoms with Crippen LogP contribution in [0, 0.1) is 19.7 Å². The molecule has 0 saturated carbocycles. The van der Waals surface area contributed by atoms with E-state index < -0.39 is 16.2 Å². The van der Waals surface area contributed by atoms with E-state index in [9.17, 15) is 17.6 Å². The van der Waals surface area contributed by atoms with Crippen molar-refractivity contribution in [1.82, 2.24) is 0 Å². The second kappa shape index (κ2) is 11.4. The summed E-state index contributed by atoms with van der Waals surface area (Å²) in [5.74, 6) is -0.733. The van der Waals surface area contributed by atoms with Crippen LogP contribution in [0.25, 0.3) is 0 Å². The highest BCUT2D eigenvalue weighted by Gasteiger charge is 2.40. The lowest BCUT2D eigenvalue weighted by Crippen LogP contribution is -2.49. The first kappa shape index (κ1) is 28.2. The van der Waals surface area contributed by atoms with Gasteiger partial charge in [0.25, 0.3) is 15.9 Å². The molecule has 43 heavy (non-hydrogen) atoms. The van der Waals surface area contributed by atoms with Crippen LogP contribution in [-0.4, -0.2) is 14.3 Å². The number of rotatable bonds is 7. The molecule has 8 heteroatoms. The molecule has 0 aromatic heterocycles. The molecule has 6 nitrogen and oxygen atoms in total. The zero-order valence-electron chi connectivity index (χ0n) is 23.7. The van der Waals surface area contributed by atoms with Crippen molar-refractivity contribution in [3.63, 3.8) is 0 Å². The minimum Gasteiger partial charge on any atom is -0.342 e. The number of anilines is 3. The van der Waals surface area contributed by atoms with Crippen LogP contribution in [0.2, 0.25) is 0 Å². The Morgan fingerprint density at radius 3 is 2.05 bits per heavy atom. The maximum atomic E-state index is 14.4. The first-order valence-corrected chi connectivity index (χ1v) is 15.4. The third kappa shape index (κ3) is 5.74. The fraction of sp³-hybridized carbons (Fsp3) is 0.114. The maximum Gasteiger partial charge on any atom is 0.262 e. The van der Waals surface area contributed by atoms with Crippen molar-refractivity contribution in [3.8, 4) is 0 Å². The molecule has 0 radical (unpaired) electrons. The molecule has 5 aromatic rings. The normalized spacial score (nSPS) is 14.9. The van der Waals surface area contributed by atoms with Crippen molar-refractivity contribution in [1.29, 1.82) is 0 Å². The van der Waals surface area contributed by atoms with E-state index >= 15 is 0 Å². The Balaban J connectivity index is 1.52. The van der Waals surface area contributed by atoms with Crippen LogP contribution in [-0.2, 0) is 16.6 Å². The number of nitrogens with zero attached hydrogens (tertiary/aromatic N) is 2. The van der Waals surface area contributed by atoms with Crippen LogP contribution in [0.4, 0.5) is 21.5 Å². The van der Waals surface area contributed by atoms with Gasteiger partial charge in [-0.3, -0.25) is 14.4 Å². The van der Waals surface area contributed by atoms with E-state index in [0.29, 0.717) is 23.6 Å². The van der Waals surface area contributed by atoms with Gasteiger partial charge < -0.3 is 4.90 Å². The maximum absolute atomic E-state index is 14.4. The van der Waals surface area contributed by atoms with Crippen LogP contribution < -0.4 is 14.5 Å². The van der Waals surface area contributed by atoms with Gasteiger partial charge in [-0.2, -0.15) is 0 Å². The highest BCUT2D eigenvalue weighted by Crippen LogP contribution is 2.43. The number of carbonyl (C=O) groups is 1. The summed E-state index contributed by atoms with van der Waals surface area (Å²) in [5, 5.41) is 0. The molecule has 0 saturated heterocycles. The summed E-state index contributed by atoms with van der Waals surface area (Å²) >= 11 is 0. The number of nitrogens with one attached hydrogen (secondary N) is 1. The van der Waals surface area contributed by atoms with Gasteiger partial charge in [-0.1, -0.05) is 77.9 Å². The molecule has 0 unspecified atom stereocenters. The third-order valence-electron chi connectivity index (χ3n) is 7.56. The van der Waals surface area contributed by atoms with Gasteiger partial charge in [0.1, 0.15) is 12.0 Å². The SMILES string of the molecule is Cc1ccc(NS(=O)(=O)c2ccc3c(c2)C(=O)N(c2ccc(C)cc2)[C@H](c2ccc(F)cc2)N3Cc2ccccc2)cc1. The van der Waals surface area contributed by atoms with Crippen LogP contribution in [0.15, 0.2) is 126 Å². The summed E-state index contributed by atoms with van der Waals surface area (Å²) < 4.78 is 43.6. The Kier molecular flexibility index (Phi) is 7.46. The Labute approximate surface area is 251 Å². The van der Waals surface area contributed by atoms with Crippen LogP contribution in [0.5, 0.6) is 0 Å². The van der Waals surface area contributed by atoms with Crippen molar-refractivity contribution in [2.75, 3.05) is 14.5 Å². The number of halogens is 1. The number of sulfonamides is 1. The molecule has 1 amide bonds. The van der Waals surface area contributed by atoms with E-state index in [-0.39, 0.29) is 22.2 Å². The molecule has 1 atom stereocenters. The lowest BCUT2D eigenvalue weighted by Gasteiger charge is -2.46. The number of aryl methyl sites for hydroxylation is 2. The molecule has 1 aliphatic heterocycles. The highest BCUT2D eigenvalue weighted by atomic mass is 32.2. The van der Waals surface area contributed by atoms with Gasteiger partial charge in [-0.05, 0) is 79.6 Å². The van der Waals surface area contributed by atoms with E-state index in [1.807, 2.05) is 80.6 Å². The number of fused-ring (bicyclic) bond motifs is 1. The average molecular weight is 592 g/mol. The van der Waals surface area contributed by atoms with Gasteiger partial charge in [0.15, 0.2) is 0 Å². The fourth-order valence-electron chi connectivity index (χ4n) is 5.33. The van der Waals surface area contributed by atoms with Crippen molar-refractivity contribution >= 4 is 33.0 Å². The first-order chi connectivity index (χ1) is 20.7.